The number of sulfonamides is 1. The summed E-state index contributed by atoms with van der Waals surface area (Å²) < 4.78 is 35.2. The number of carbonyl (C=O) groups excluding carboxylic acids is 1. The summed E-state index contributed by atoms with van der Waals surface area (Å²) in [6.07, 6.45) is 0. The molecule has 0 fully saturated rings. The van der Waals surface area contributed by atoms with Crippen molar-refractivity contribution in [2.45, 2.75) is 9.72 Å². The molecule has 0 saturated carbocycles. The number of rotatable bonds is 4. The van der Waals surface area contributed by atoms with Crippen molar-refractivity contribution in [3.8, 4) is 0 Å². The second-order valence-corrected chi connectivity index (χ2v) is 6.82. The molecule has 4 nitrogen and oxygen atoms in total. The van der Waals surface area contributed by atoms with Gasteiger partial charge in [-0.05, 0) is 42.0 Å². The van der Waals surface area contributed by atoms with Crippen LogP contribution in [0.25, 0.3) is 0 Å². The van der Waals surface area contributed by atoms with Crippen LogP contribution in [-0.2, 0) is 10.0 Å². The van der Waals surface area contributed by atoms with Crippen molar-refractivity contribution in [1.82, 2.24) is 0 Å². The van der Waals surface area contributed by atoms with E-state index in [-0.39, 0.29) is 10.7 Å². The summed E-state index contributed by atoms with van der Waals surface area (Å²) in [6, 6.07) is 10.9. The Labute approximate surface area is 130 Å². The maximum atomic E-state index is 12.8. The highest BCUT2D eigenvalue weighted by Gasteiger charge is 2.19. The molecule has 2 rings (SSSR count). The van der Waals surface area contributed by atoms with Crippen LogP contribution in [0.15, 0.2) is 53.4 Å². The molecular formula is C14H11BrFNO3S. The summed E-state index contributed by atoms with van der Waals surface area (Å²) in [5, 5.41) is 5.01. The molecule has 1 atom stereocenters. The van der Waals surface area contributed by atoms with Crippen LogP contribution >= 0.6 is 15.9 Å². The minimum absolute atomic E-state index is 0.0276. The first-order valence-corrected chi connectivity index (χ1v) is 8.32. The lowest BCUT2D eigenvalue weighted by atomic mass is 10.0. The van der Waals surface area contributed by atoms with Crippen LogP contribution in [0.3, 0.4) is 0 Å². The fraction of sp³-hybridized carbons (Fsp3) is 0.0714. The Kier molecular flexibility index (Phi) is 4.55. The largest absolute Gasteiger partial charge is 0.293 e. The van der Waals surface area contributed by atoms with Crippen molar-refractivity contribution in [3.63, 3.8) is 0 Å². The third kappa shape index (κ3) is 3.75. The van der Waals surface area contributed by atoms with Gasteiger partial charge in [0.1, 0.15) is 10.6 Å². The van der Waals surface area contributed by atoms with E-state index >= 15 is 0 Å². The molecule has 0 aliphatic carbocycles. The molecule has 0 radical (unpaired) electrons. The van der Waals surface area contributed by atoms with E-state index in [1.807, 2.05) is 0 Å². The summed E-state index contributed by atoms with van der Waals surface area (Å²) in [6.45, 7) is 0. The smallest absolute Gasteiger partial charge is 0.238 e. The second-order valence-electron chi connectivity index (χ2n) is 4.35. The lowest BCUT2D eigenvalue weighted by Crippen LogP contribution is -2.12. The molecule has 0 aromatic heterocycles. The fourth-order valence-corrected chi connectivity index (χ4v) is 2.82. The van der Waals surface area contributed by atoms with Crippen LogP contribution in [0.1, 0.15) is 20.7 Å². The van der Waals surface area contributed by atoms with Gasteiger partial charge in [-0.15, -0.1) is 0 Å². The van der Waals surface area contributed by atoms with E-state index in [0.29, 0.717) is 11.1 Å². The summed E-state index contributed by atoms with van der Waals surface area (Å²) in [7, 11) is -3.76. The van der Waals surface area contributed by atoms with Gasteiger partial charge >= 0.3 is 0 Å². The number of ketones is 1. The molecular weight excluding hydrogens is 361 g/mol. The van der Waals surface area contributed by atoms with Crippen LogP contribution < -0.4 is 5.14 Å². The zero-order chi connectivity index (χ0) is 15.6. The van der Waals surface area contributed by atoms with E-state index in [1.165, 1.54) is 48.5 Å². The quantitative estimate of drug-likeness (QED) is 0.662. The van der Waals surface area contributed by atoms with Gasteiger partial charge < -0.3 is 0 Å². The van der Waals surface area contributed by atoms with Gasteiger partial charge in [-0.3, -0.25) is 4.79 Å². The third-order valence-electron chi connectivity index (χ3n) is 2.86. The normalized spacial score (nSPS) is 12.9. The molecule has 0 amide bonds. The van der Waals surface area contributed by atoms with Crippen LogP contribution in [0.5, 0.6) is 0 Å². The molecule has 2 N–H and O–H groups in total. The summed E-state index contributed by atoms with van der Waals surface area (Å²) in [5.74, 6) is -0.673. The van der Waals surface area contributed by atoms with Crippen LogP contribution in [0.4, 0.5) is 4.39 Å². The molecule has 7 heteroatoms. The highest BCUT2D eigenvalue weighted by Crippen LogP contribution is 2.27. The third-order valence-corrected chi connectivity index (χ3v) is 4.73. The van der Waals surface area contributed by atoms with Crippen molar-refractivity contribution in [1.29, 1.82) is 0 Å². The monoisotopic (exact) mass is 371 g/mol. The van der Waals surface area contributed by atoms with Crippen LogP contribution in [0.2, 0.25) is 0 Å². The van der Waals surface area contributed by atoms with Gasteiger partial charge in [-0.25, -0.2) is 17.9 Å². The number of nitrogens with two attached hydrogens (primary N) is 1. The topological polar surface area (TPSA) is 77.2 Å². The molecule has 1 unspecified atom stereocenters. The molecule has 21 heavy (non-hydrogen) atoms. The van der Waals surface area contributed by atoms with Gasteiger partial charge in [-0.2, -0.15) is 0 Å². The minimum Gasteiger partial charge on any atom is -0.293 e. The van der Waals surface area contributed by atoms with E-state index < -0.39 is 20.7 Å². The van der Waals surface area contributed by atoms with Crippen molar-refractivity contribution in [2.75, 3.05) is 0 Å². The molecule has 0 aliphatic heterocycles. The molecule has 0 spiro atoms. The number of Topliss-reactive ketones (excluding diaryl/α,β-unsaturated/α-hetero) is 1. The van der Waals surface area contributed by atoms with Crippen LogP contribution in [-0.4, -0.2) is 14.2 Å². The van der Waals surface area contributed by atoms with E-state index in [2.05, 4.69) is 15.9 Å². The van der Waals surface area contributed by atoms with Gasteiger partial charge in [-0.1, -0.05) is 28.1 Å². The lowest BCUT2D eigenvalue weighted by molar-refractivity contribution is 0.0991. The Balaban J connectivity index is 2.25. The number of hydrogen-bond acceptors (Lipinski definition) is 3. The first-order valence-electron chi connectivity index (χ1n) is 5.85. The predicted molar refractivity (Wildman–Crippen MR) is 80.2 cm³/mol. The van der Waals surface area contributed by atoms with Gasteiger partial charge in [0.05, 0.1) is 4.90 Å². The molecule has 0 aliphatic rings. The lowest BCUT2D eigenvalue weighted by Gasteiger charge is -2.10. The maximum absolute atomic E-state index is 12.8. The Morgan fingerprint density at radius 3 is 2.05 bits per heavy atom. The van der Waals surface area contributed by atoms with E-state index in [9.17, 15) is 17.6 Å². The van der Waals surface area contributed by atoms with Crippen molar-refractivity contribution in [3.05, 3.63) is 65.5 Å². The first kappa shape index (κ1) is 15.8. The zero-order valence-corrected chi connectivity index (χ0v) is 13.1. The van der Waals surface area contributed by atoms with Gasteiger partial charge in [0.25, 0.3) is 0 Å². The minimum atomic E-state index is -3.76. The maximum Gasteiger partial charge on any atom is 0.238 e. The SMILES string of the molecule is NS(=O)(=O)c1ccc(C(Br)C(=O)c2ccc(F)cc2)cc1. The molecule has 0 heterocycles. The van der Waals surface area contributed by atoms with E-state index in [4.69, 9.17) is 5.14 Å². The highest BCUT2D eigenvalue weighted by atomic mass is 79.9. The van der Waals surface area contributed by atoms with E-state index in [0.717, 1.165) is 0 Å². The Morgan fingerprint density at radius 1 is 1.05 bits per heavy atom. The fourth-order valence-electron chi connectivity index (χ4n) is 1.74. The number of hydrogen-bond donors (Lipinski definition) is 1. The summed E-state index contributed by atoms with van der Waals surface area (Å²) in [5.41, 5.74) is 0.936. The number of primary sulfonamides is 1. The van der Waals surface area contributed by atoms with Gasteiger partial charge in [0.2, 0.25) is 10.0 Å². The summed E-state index contributed by atoms with van der Waals surface area (Å²) in [4.78, 5) is 11.5. The highest BCUT2D eigenvalue weighted by molar-refractivity contribution is 9.09. The second kappa shape index (κ2) is 6.05. The van der Waals surface area contributed by atoms with Gasteiger partial charge in [0, 0.05) is 5.56 Å². The number of benzene rings is 2. The number of halogens is 2. The van der Waals surface area contributed by atoms with Crippen molar-refractivity contribution >= 4 is 31.7 Å². The first-order chi connectivity index (χ1) is 9.79. The average molecular weight is 372 g/mol. The Bertz CT molecular complexity index is 758. The van der Waals surface area contributed by atoms with Crippen molar-refractivity contribution in [2.24, 2.45) is 5.14 Å². The Hall–Kier alpha value is -1.57. The standard InChI is InChI=1S/C14H11BrFNO3S/c15-13(14(18)10-1-5-11(16)6-2-10)9-3-7-12(8-4-9)21(17,19)20/h1-8,13H,(H2,17,19,20). The molecule has 0 saturated heterocycles. The van der Waals surface area contributed by atoms with Crippen LogP contribution in [0, 0.1) is 5.82 Å². The average Bonchev–Trinajstić information content (AvgIpc) is 2.46. The van der Waals surface area contributed by atoms with Gasteiger partial charge in [0.15, 0.2) is 5.78 Å². The molecule has 0 bridgehead atoms. The number of alkyl halides is 1. The molecule has 2 aromatic carbocycles. The summed E-state index contributed by atoms with van der Waals surface area (Å²) >= 11 is 3.26. The number of carbonyl (C=O) groups is 1. The molecule has 110 valence electrons. The van der Waals surface area contributed by atoms with Crippen molar-refractivity contribution < 1.29 is 17.6 Å². The Morgan fingerprint density at radius 2 is 1.57 bits per heavy atom. The zero-order valence-electron chi connectivity index (χ0n) is 10.7. The molecule has 2 aromatic rings. The van der Waals surface area contributed by atoms with E-state index in [1.54, 1.807) is 0 Å². The predicted octanol–water partition coefficient (Wildman–Crippen LogP) is 2.79.